The van der Waals surface area contributed by atoms with Gasteiger partial charge in [-0.1, -0.05) is 18.5 Å². The van der Waals surface area contributed by atoms with Crippen LogP contribution < -0.4 is 14.8 Å². The fraction of sp³-hybridized carbons (Fsp3) is 0.444. The molecular formula is C18H24ClNO5. The van der Waals surface area contributed by atoms with Crippen LogP contribution in [0.3, 0.4) is 0 Å². The number of carbonyl (C=O) groups excluding carboxylic acids is 2. The van der Waals surface area contributed by atoms with E-state index < -0.39 is 12.1 Å². The first-order chi connectivity index (χ1) is 11.9. The van der Waals surface area contributed by atoms with Crippen molar-refractivity contribution in [2.75, 3.05) is 20.3 Å². The largest absolute Gasteiger partial charge is 0.491 e. The van der Waals surface area contributed by atoms with Gasteiger partial charge in [-0.2, -0.15) is 0 Å². The highest BCUT2D eigenvalue weighted by Crippen LogP contribution is 2.36. The summed E-state index contributed by atoms with van der Waals surface area (Å²) in [7, 11) is 1.50. The van der Waals surface area contributed by atoms with Crippen LogP contribution in [0.1, 0.15) is 32.8 Å². The van der Waals surface area contributed by atoms with Crippen LogP contribution in [0.15, 0.2) is 18.2 Å². The Kier molecular flexibility index (Phi) is 8.84. The van der Waals surface area contributed by atoms with Crippen LogP contribution in [0, 0.1) is 0 Å². The van der Waals surface area contributed by atoms with E-state index in [1.54, 1.807) is 12.1 Å². The predicted molar refractivity (Wildman–Crippen MR) is 97.1 cm³/mol. The first-order valence-electron chi connectivity index (χ1n) is 8.09. The van der Waals surface area contributed by atoms with Crippen molar-refractivity contribution in [3.05, 3.63) is 28.8 Å². The number of ether oxygens (including phenoxy) is 3. The summed E-state index contributed by atoms with van der Waals surface area (Å²) in [6.45, 7) is 6.30. The first-order valence-corrected chi connectivity index (χ1v) is 8.47. The Morgan fingerprint density at radius 3 is 2.64 bits per heavy atom. The number of carbonyl (C=O) groups is 2. The predicted octanol–water partition coefficient (Wildman–Crippen LogP) is 3.22. The molecule has 0 heterocycles. The van der Waals surface area contributed by atoms with Crippen LogP contribution in [0.2, 0.25) is 5.02 Å². The smallest absolute Gasteiger partial charge is 0.331 e. The van der Waals surface area contributed by atoms with E-state index in [1.165, 1.54) is 26.2 Å². The lowest BCUT2D eigenvalue weighted by Gasteiger charge is -2.12. The second-order valence-electron chi connectivity index (χ2n) is 5.17. The van der Waals surface area contributed by atoms with Gasteiger partial charge in [-0.3, -0.25) is 4.79 Å². The van der Waals surface area contributed by atoms with Crippen molar-refractivity contribution < 1.29 is 23.8 Å². The van der Waals surface area contributed by atoms with Gasteiger partial charge < -0.3 is 19.5 Å². The summed E-state index contributed by atoms with van der Waals surface area (Å²) in [6.07, 6.45) is 2.72. The lowest BCUT2D eigenvalue weighted by molar-refractivity contribution is -0.150. The second kappa shape index (κ2) is 10.6. The molecule has 0 aliphatic rings. The summed E-state index contributed by atoms with van der Waals surface area (Å²) in [5.41, 5.74) is 0.647. The number of benzene rings is 1. The van der Waals surface area contributed by atoms with E-state index in [1.807, 2.05) is 13.8 Å². The summed E-state index contributed by atoms with van der Waals surface area (Å²) < 4.78 is 15.7. The van der Waals surface area contributed by atoms with Crippen molar-refractivity contribution in [3.63, 3.8) is 0 Å². The highest BCUT2D eigenvalue weighted by molar-refractivity contribution is 6.32. The summed E-state index contributed by atoms with van der Waals surface area (Å²) in [4.78, 5) is 23.5. The number of halogens is 1. The number of esters is 1. The zero-order valence-corrected chi connectivity index (χ0v) is 15.7. The zero-order chi connectivity index (χ0) is 18.8. The van der Waals surface area contributed by atoms with E-state index in [4.69, 9.17) is 25.8 Å². The average Bonchev–Trinajstić information content (AvgIpc) is 2.58. The maximum absolute atomic E-state index is 11.8. The summed E-state index contributed by atoms with van der Waals surface area (Å²) in [6, 6.07) is 3.35. The van der Waals surface area contributed by atoms with Gasteiger partial charge in [0.05, 0.1) is 18.7 Å². The third-order valence-corrected chi connectivity index (χ3v) is 3.44. The molecule has 0 fully saturated rings. The molecule has 0 saturated carbocycles. The van der Waals surface area contributed by atoms with Crippen molar-refractivity contribution in [1.82, 2.24) is 5.32 Å². The minimum atomic E-state index is -0.859. The number of hydrogen-bond acceptors (Lipinski definition) is 5. The fourth-order valence-electron chi connectivity index (χ4n) is 1.97. The second-order valence-corrected chi connectivity index (χ2v) is 5.58. The maximum atomic E-state index is 11.8. The minimum Gasteiger partial charge on any atom is -0.491 e. The number of amides is 1. The zero-order valence-electron chi connectivity index (χ0n) is 14.9. The summed E-state index contributed by atoms with van der Waals surface area (Å²) >= 11 is 6.15. The van der Waals surface area contributed by atoms with Gasteiger partial charge in [0.2, 0.25) is 0 Å². The lowest BCUT2D eigenvalue weighted by Crippen LogP contribution is -2.35. The van der Waals surface area contributed by atoms with Crippen molar-refractivity contribution in [1.29, 1.82) is 0 Å². The van der Waals surface area contributed by atoms with Crippen molar-refractivity contribution in [2.45, 2.75) is 33.3 Å². The third kappa shape index (κ3) is 6.66. The van der Waals surface area contributed by atoms with E-state index >= 15 is 0 Å². The van der Waals surface area contributed by atoms with E-state index in [9.17, 15) is 9.59 Å². The van der Waals surface area contributed by atoms with Gasteiger partial charge in [-0.25, -0.2) is 4.79 Å². The number of nitrogens with one attached hydrogen (secondary N) is 1. The average molecular weight is 370 g/mol. The Hall–Kier alpha value is -2.21. The number of hydrogen-bond donors (Lipinski definition) is 1. The Morgan fingerprint density at radius 2 is 2.04 bits per heavy atom. The van der Waals surface area contributed by atoms with Gasteiger partial charge in [0.15, 0.2) is 17.6 Å². The molecule has 0 unspecified atom stereocenters. The highest BCUT2D eigenvalue weighted by atomic mass is 35.5. The van der Waals surface area contributed by atoms with Crippen molar-refractivity contribution in [2.24, 2.45) is 0 Å². The Bertz CT molecular complexity index is 630. The van der Waals surface area contributed by atoms with Crippen LogP contribution in [-0.4, -0.2) is 38.2 Å². The lowest BCUT2D eigenvalue weighted by atomic mass is 10.2. The minimum absolute atomic E-state index is 0.324. The number of rotatable bonds is 9. The molecule has 0 bridgehead atoms. The third-order valence-electron chi connectivity index (χ3n) is 3.16. The van der Waals surface area contributed by atoms with Gasteiger partial charge in [0.25, 0.3) is 5.91 Å². The van der Waals surface area contributed by atoms with Crippen LogP contribution in [0.25, 0.3) is 6.08 Å². The Balaban J connectivity index is 2.77. The topological polar surface area (TPSA) is 73.9 Å². The molecule has 1 rings (SSSR count). The van der Waals surface area contributed by atoms with Crippen molar-refractivity contribution >= 4 is 29.6 Å². The van der Waals surface area contributed by atoms with Gasteiger partial charge in [0.1, 0.15) is 0 Å². The first kappa shape index (κ1) is 20.8. The quantitative estimate of drug-likeness (QED) is 0.534. The SMILES string of the molecule is CCCNC(=O)[C@H](C)OC(=O)/C=C/c1cc(Cl)c(OC)c(OCC)c1. The fourth-order valence-corrected chi connectivity index (χ4v) is 2.26. The molecule has 138 valence electrons. The molecule has 1 N–H and O–H groups in total. The molecule has 0 aliphatic carbocycles. The Labute approximate surface area is 153 Å². The van der Waals surface area contributed by atoms with Gasteiger partial charge in [-0.05, 0) is 44.0 Å². The monoisotopic (exact) mass is 369 g/mol. The highest BCUT2D eigenvalue weighted by Gasteiger charge is 2.16. The summed E-state index contributed by atoms with van der Waals surface area (Å²) in [5.74, 6) is -0.0268. The molecule has 0 radical (unpaired) electrons. The Morgan fingerprint density at radius 1 is 1.32 bits per heavy atom. The molecule has 0 spiro atoms. The van der Waals surface area contributed by atoms with E-state index in [2.05, 4.69) is 5.32 Å². The standard InChI is InChI=1S/C18H24ClNO5/c1-5-9-20-18(22)12(3)25-16(21)8-7-13-10-14(19)17(23-4)15(11-13)24-6-2/h7-8,10-12H,5-6,9H2,1-4H3,(H,20,22)/b8-7+/t12-/m0/s1. The van der Waals surface area contributed by atoms with E-state index in [0.29, 0.717) is 35.2 Å². The van der Waals surface area contributed by atoms with E-state index in [-0.39, 0.29) is 5.91 Å². The molecule has 0 saturated heterocycles. The van der Waals surface area contributed by atoms with Gasteiger partial charge in [-0.15, -0.1) is 0 Å². The molecule has 1 aromatic carbocycles. The van der Waals surface area contributed by atoms with Crippen LogP contribution in [0.4, 0.5) is 0 Å². The van der Waals surface area contributed by atoms with Gasteiger partial charge >= 0.3 is 5.97 Å². The van der Waals surface area contributed by atoms with Crippen molar-refractivity contribution in [3.8, 4) is 11.5 Å². The number of methoxy groups -OCH3 is 1. The molecule has 1 aromatic rings. The molecule has 25 heavy (non-hydrogen) atoms. The maximum Gasteiger partial charge on any atom is 0.331 e. The molecule has 6 nitrogen and oxygen atoms in total. The molecule has 1 amide bonds. The summed E-state index contributed by atoms with van der Waals surface area (Å²) in [5, 5.41) is 3.03. The molecule has 0 aromatic heterocycles. The van der Waals surface area contributed by atoms with Gasteiger partial charge in [0, 0.05) is 12.6 Å². The van der Waals surface area contributed by atoms with E-state index in [0.717, 1.165) is 6.42 Å². The van der Waals surface area contributed by atoms with Crippen LogP contribution >= 0.6 is 11.6 Å². The molecule has 7 heteroatoms. The molecular weight excluding hydrogens is 346 g/mol. The molecule has 1 atom stereocenters. The van der Waals surface area contributed by atoms with Crippen LogP contribution in [-0.2, 0) is 14.3 Å². The van der Waals surface area contributed by atoms with Crippen LogP contribution in [0.5, 0.6) is 11.5 Å². The molecule has 0 aliphatic heterocycles. The normalized spacial score (nSPS) is 11.9.